The van der Waals surface area contributed by atoms with Gasteiger partial charge in [0, 0.05) is 38.8 Å². The van der Waals surface area contributed by atoms with Crippen molar-refractivity contribution < 1.29 is 9.53 Å². The SMILES string of the molecule is CN(CC1CCOCC1)C(CN)CC(N)=O. The second-order valence-electron chi connectivity index (χ2n) is 4.56. The molecule has 1 amide bonds. The first kappa shape index (κ1) is 13.4. The monoisotopic (exact) mass is 229 g/mol. The van der Waals surface area contributed by atoms with Crippen molar-refractivity contribution in [2.45, 2.75) is 25.3 Å². The van der Waals surface area contributed by atoms with E-state index < -0.39 is 0 Å². The molecule has 1 aliphatic heterocycles. The molecule has 1 heterocycles. The standard InChI is InChI=1S/C11H23N3O2/c1-14(10(7-12)6-11(13)15)8-9-2-4-16-5-3-9/h9-10H,2-8,12H2,1H3,(H2,13,15). The quantitative estimate of drug-likeness (QED) is 0.646. The molecular formula is C11H23N3O2. The molecule has 0 bridgehead atoms. The Bertz CT molecular complexity index is 217. The lowest BCUT2D eigenvalue weighted by Gasteiger charge is -2.31. The number of rotatable bonds is 6. The molecule has 1 atom stereocenters. The van der Waals surface area contributed by atoms with Gasteiger partial charge in [0.15, 0.2) is 0 Å². The van der Waals surface area contributed by atoms with Crippen molar-refractivity contribution in [3.8, 4) is 0 Å². The van der Waals surface area contributed by atoms with Crippen LogP contribution in [0.1, 0.15) is 19.3 Å². The van der Waals surface area contributed by atoms with Gasteiger partial charge in [0.25, 0.3) is 0 Å². The van der Waals surface area contributed by atoms with E-state index in [9.17, 15) is 4.79 Å². The number of likely N-dealkylation sites (N-methyl/N-ethyl adjacent to an activating group) is 1. The van der Waals surface area contributed by atoms with Crippen LogP contribution in [-0.4, -0.2) is 50.2 Å². The molecule has 0 aromatic heterocycles. The van der Waals surface area contributed by atoms with E-state index in [1.54, 1.807) is 0 Å². The Kier molecular flexibility index (Phi) is 5.73. The molecule has 0 aliphatic carbocycles. The number of ether oxygens (including phenoxy) is 1. The summed E-state index contributed by atoms with van der Waals surface area (Å²) in [5, 5.41) is 0. The molecule has 94 valence electrons. The van der Waals surface area contributed by atoms with Gasteiger partial charge in [-0.15, -0.1) is 0 Å². The second kappa shape index (κ2) is 6.83. The topological polar surface area (TPSA) is 81.6 Å². The number of carbonyl (C=O) groups excluding carboxylic acids is 1. The fraction of sp³-hybridized carbons (Fsp3) is 0.909. The van der Waals surface area contributed by atoms with Crippen LogP contribution in [0, 0.1) is 5.92 Å². The van der Waals surface area contributed by atoms with E-state index in [0.29, 0.717) is 18.9 Å². The zero-order valence-electron chi connectivity index (χ0n) is 10.0. The molecule has 5 nitrogen and oxygen atoms in total. The number of nitrogens with zero attached hydrogens (tertiary/aromatic N) is 1. The minimum absolute atomic E-state index is 0.0698. The summed E-state index contributed by atoms with van der Waals surface area (Å²) in [6.07, 6.45) is 2.53. The average Bonchev–Trinajstić information content (AvgIpc) is 2.26. The Labute approximate surface area is 97.1 Å². The van der Waals surface area contributed by atoms with Crippen LogP contribution in [0.2, 0.25) is 0 Å². The van der Waals surface area contributed by atoms with Crippen LogP contribution in [0.4, 0.5) is 0 Å². The lowest BCUT2D eigenvalue weighted by atomic mass is 9.99. The van der Waals surface area contributed by atoms with E-state index in [4.69, 9.17) is 16.2 Å². The lowest BCUT2D eigenvalue weighted by Crippen LogP contribution is -2.43. The number of amides is 1. The van der Waals surface area contributed by atoms with Gasteiger partial charge in [-0.05, 0) is 25.8 Å². The first-order valence-corrected chi connectivity index (χ1v) is 5.89. The highest BCUT2D eigenvalue weighted by atomic mass is 16.5. The van der Waals surface area contributed by atoms with Crippen LogP contribution in [0.3, 0.4) is 0 Å². The van der Waals surface area contributed by atoms with Crippen LogP contribution in [-0.2, 0) is 9.53 Å². The number of carbonyl (C=O) groups is 1. The van der Waals surface area contributed by atoms with Crippen molar-refractivity contribution in [3.05, 3.63) is 0 Å². The van der Waals surface area contributed by atoms with E-state index in [0.717, 1.165) is 32.6 Å². The van der Waals surface area contributed by atoms with Crippen molar-refractivity contribution >= 4 is 5.91 Å². The molecule has 0 aromatic carbocycles. The number of nitrogens with two attached hydrogens (primary N) is 2. The van der Waals surface area contributed by atoms with E-state index in [1.807, 2.05) is 7.05 Å². The summed E-state index contributed by atoms with van der Waals surface area (Å²) in [5.41, 5.74) is 10.9. The molecule has 4 N–H and O–H groups in total. The second-order valence-corrected chi connectivity index (χ2v) is 4.56. The van der Waals surface area contributed by atoms with Crippen LogP contribution >= 0.6 is 0 Å². The molecule has 16 heavy (non-hydrogen) atoms. The summed E-state index contributed by atoms with van der Waals surface area (Å²) in [4.78, 5) is 13.0. The zero-order valence-corrected chi connectivity index (χ0v) is 10.0. The van der Waals surface area contributed by atoms with Gasteiger partial charge in [-0.25, -0.2) is 0 Å². The summed E-state index contributed by atoms with van der Waals surface area (Å²) in [7, 11) is 2.01. The van der Waals surface area contributed by atoms with Gasteiger partial charge in [-0.2, -0.15) is 0 Å². The highest BCUT2D eigenvalue weighted by molar-refractivity contribution is 5.74. The first-order chi connectivity index (χ1) is 7.63. The average molecular weight is 229 g/mol. The Hall–Kier alpha value is -0.650. The normalized spacial score (nSPS) is 19.9. The van der Waals surface area contributed by atoms with Gasteiger partial charge in [0.2, 0.25) is 5.91 Å². The zero-order chi connectivity index (χ0) is 12.0. The third-order valence-corrected chi connectivity index (χ3v) is 3.22. The van der Waals surface area contributed by atoms with Gasteiger partial charge in [0.1, 0.15) is 0 Å². The molecule has 0 aromatic rings. The molecular weight excluding hydrogens is 206 g/mol. The summed E-state index contributed by atoms with van der Waals surface area (Å²) in [5.74, 6) is 0.370. The lowest BCUT2D eigenvalue weighted by molar-refractivity contribution is -0.119. The molecule has 0 saturated carbocycles. The first-order valence-electron chi connectivity index (χ1n) is 5.89. The predicted molar refractivity (Wildman–Crippen MR) is 62.8 cm³/mol. The van der Waals surface area contributed by atoms with Crippen molar-refractivity contribution in [1.29, 1.82) is 0 Å². The van der Waals surface area contributed by atoms with Crippen molar-refractivity contribution in [3.63, 3.8) is 0 Å². The maximum atomic E-state index is 10.9. The van der Waals surface area contributed by atoms with Crippen molar-refractivity contribution in [1.82, 2.24) is 4.90 Å². The number of hydrogen-bond acceptors (Lipinski definition) is 4. The molecule has 5 heteroatoms. The van der Waals surface area contributed by atoms with E-state index >= 15 is 0 Å². The highest BCUT2D eigenvalue weighted by Crippen LogP contribution is 2.16. The van der Waals surface area contributed by atoms with Gasteiger partial charge >= 0.3 is 0 Å². The van der Waals surface area contributed by atoms with Crippen molar-refractivity contribution in [2.24, 2.45) is 17.4 Å². The van der Waals surface area contributed by atoms with Gasteiger partial charge in [-0.3, -0.25) is 4.79 Å². The molecule has 1 unspecified atom stereocenters. The smallest absolute Gasteiger partial charge is 0.219 e. The summed E-state index contributed by atoms with van der Waals surface area (Å²) in [6, 6.07) is 0.0698. The van der Waals surface area contributed by atoms with Crippen LogP contribution < -0.4 is 11.5 Å². The minimum Gasteiger partial charge on any atom is -0.381 e. The molecule has 1 aliphatic rings. The fourth-order valence-corrected chi connectivity index (χ4v) is 2.14. The Balaban J connectivity index is 2.35. The third kappa shape index (κ3) is 4.47. The molecule has 0 radical (unpaired) electrons. The summed E-state index contributed by atoms with van der Waals surface area (Å²) < 4.78 is 5.32. The summed E-state index contributed by atoms with van der Waals surface area (Å²) in [6.45, 7) is 3.14. The maximum Gasteiger partial charge on any atom is 0.219 e. The summed E-state index contributed by atoms with van der Waals surface area (Å²) >= 11 is 0. The van der Waals surface area contributed by atoms with Crippen LogP contribution in [0.15, 0.2) is 0 Å². The van der Waals surface area contributed by atoms with E-state index in [1.165, 1.54) is 0 Å². The molecule has 0 spiro atoms. The van der Waals surface area contributed by atoms with E-state index in [2.05, 4.69) is 4.90 Å². The Morgan fingerprint density at radius 1 is 1.50 bits per heavy atom. The molecule has 1 rings (SSSR count). The van der Waals surface area contributed by atoms with Gasteiger partial charge in [0.05, 0.1) is 0 Å². The highest BCUT2D eigenvalue weighted by Gasteiger charge is 2.21. The maximum absolute atomic E-state index is 10.9. The Morgan fingerprint density at radius 2 is 2.12 bits per heavy atom. The number of hydrogen-bond donors (Lipinski definition) is 2. The largest absolute Gasteiger partial charge is 0.381 e. The minimum atomic E-state index is -0.283. The van der Waals surface area contributed by atoms with E-state index in [-0.39, 0.29) is 11.9 Å². The van der Waals surface area contributed by atoms with Crippen LogP contribution in [0.25, 0.3) is 0 Å². The third-order valence-electron chi connectivity index (χ3n) is 3.22. The Morgan fingerprint density at radius 3 is 2.62 bits per heavy atom. The van der Waals surface area contributed by atoms with Gasteiger partial charge in [-0.1, -0.05) is 0 Å². The fourth-order valence-electron chi connectivity index (χ4n) is 2.14. The molecule has 1 fully saturated rings. The number of primary amides is 1. The van der Waals surface area contributed by atoms with Crippen molar-refractivity contribution in [2.75, 3.05) is 33.4 Å². The van der Waals surface area contributed by atoms with Crippen LogP contribution in [0.5, 0.6) is 0 Å². The predicted octanol–water partition coefficient (Wildman–Crippen LogP) is -0.452. The van der Waals surface area contributed by atoms with Gasteiger partial charge < -0.3 is 21.1 Å². The molecule has 1 saturated heterocycles.